The molecule has 0 aromatic heterocycles. The van der Waals surface area contributed by atoms with Gasteiger partial charge in [-0.15, -0.1) is 0 Å². The van der Waals surface area contributed by atoms with Crippen LogP contribution in [0.3, 0.4) is 0 Å². The Morgan fingerprint density at radius 3 is 2.05 bits per heavy atom. The van der Waals surface area contributed by atoms with Crippen molar-refractivity contribution >= 4 is 0 Å². The van der Waals surface area contributed by atoms with E-state index < -0.39 is 0 Å². The molecule has 2 rings (SSSR count). The Morgan fingerprint density at radius 1 is 0.762 bits per heavy atom. The van der Waals surface area contributed by atoms with E-state index in [1.807, 2.05) is 0 Å². The van der Waals surface area contributed by atoms with E-state index >= 15 is 0 Å². The highest BCUT2D eigenvalue weighted by Gasteiger charge is 2.21. The van der Waals surface area contributed by atoms with E-state index in [9.17, 15) is 0 Å². The van der Waals surface area contributed by atoms with Crippen molar-refractivity contribution in [3.05, 3.63) is 35.9 Å². The van der Waals surface area contributed by atoms with Crippen LogP contribution in [0.2, 0.25) is 0 Å². The smallest absolute Gasteiger partial charge is 0.0162 e. The zero-order valence-electron chi connectivity index (χ0n) is 14.0. The van der Waals surface area contributed by atoms with Crippen molar-refractivity contribution in [2.24, 2.45) is 5.92 Å². The van der Waals surface area contributed by atoms with Crippen LogP contribution in [-0.2, 0) is 0 Å². The summed E-state index contributed by atoms with van der Waals surface area (Å²) in [6, 6.07) is 11.2. The fourth-order valence-electron chi connectivity index (χ4n) is 3.90. The average Bonchev–Trinajstić information content (AvgIpc) is 2.55. The second-order valence-electron chi connectivity index (χ2n) is 7.04. The van der Waals surface area contributed by atoms with Crippen molar-refractivity contribution < 1.29 is 0 Å². The lowest BCUT2D eigenvalue weighted by Crippen LogP contribution is -2.13. The molecule has 0 nitrogen and oxygen atoms in total. The molecule has 0 atom stereocenters. The SMILES string of the molecule is CCCCCCCCCC1CCC(c2ccccc2)CC1. The second-order valence-corrected chi connectivity index (χ2v) is 7.04. The first-order valence-corrected chi connectivity index (χ1v) is 9.45. The molecule has 0 bridgehead atoms. The lowest BCUT2D eigenvalue weighted by Gasteiger charge is -2.28. The van der Waals surface area contributed by atoms with E-state index in [1.54, 1.807) is 5.56 Å². The summed E-state index contributed by atoms with van der Waals surface area (Å²) in [6.07, 6.45) is 17.4. The van der Waals surface area contributed by atoms with Gasteiger partial charge in [0.1, 0.15) is 0 Å². The third kappa shape index (κ3) is 6.24. The Hall–Kier alpha value is -0.780. The molecule has 1 aromatic carbocycles. The topological polar surface area (TPSA) is 0 Å². The number of rotatable bonds is 9. The van der Waals surface area contributed by atoms with Crippen LogP contribution < -0.4 is 0 Å². The van der Waals surface area contributed by atoms with E-state index in [0.29, 0.717) is 0 Å². The van der Waals surface area contributed by atoms with E-state index in [0.717, 1.165) is 11.8 Å². The van der Waals surface area contributed by atoms with E-state index in [2.05, 4.69) is 37.3 Å². The van der Waals surface area contributed by atoms with Crippen LogP contribution in [0.4, 0.5) is 0 Å². The summed E-state index contributed by atoms with van der Waals surface area (Å²) in [5, 5.41) is 0. The van der Waals surface area contributed by atoms with Crippen molar-refractivity contribution in [1.82, 2.24) is 0 Å². The first-order valence-electron chi connectivity index (χ1n) is 9.45. The van der Waals surface area contributed by atoms with Gasteiger partial charge in [-0.3, -0.25) is 0 Å². The predicted octanol–water partition coefficient (Wildman–Crippen LogP) is 7.10. The number of unbranched alkanes of at least 4 members (excludes halogenated alkanes) is 6. The van der Waals surface area contributed by atoms with Crippen LogP contribution in [0, 0.1) is 5.92 Å². The third-order valence-electron chi connectivity index (χ3n) is 5.33. The van der Waals surface area contributed by atoms with Gasteiger partial charge >= 0.3 is 0 Å². The van der Waals surface area contributed by atoms with Crippen molar-refractivity contribution in [2.45, 2.75) is 89.9 Å². The summed E-state index contributed by atoms with van der Waals surface area (Å²) < 4.78 is 0. The number of benzene rings is 1. The monoisotopic (exact) mass is 286 g/mol. The van der Waals surface area contributed by atoms with Gasteiger partial charge in [0.25, 0.3) is 0 Å². The van der Waals surface area contributed by atoms with Gasteiger partial charge < -0.3 is 0 Å². The first kappa shape index (κ1) is 16.6. The van der Waals surface area contributed by atoms with Crippen molar-refractivity contribution in [1.29, 1.82) is 0 Å². The summed E-state index contributed by atoms with van der Waals surface area (Å²) >= 11 is 0. The van der Waals surface area contributed by atoms with Gasteiger partial charge in [-0.05, 0) is 43.1 Å². The molecule has 0 radical (unpaired) electrons. The van der Waals surface area contributed by atoms with Gasteiger partial charge in [-0.1, -0.05) is 88.6 Å². The van der Waals surface area contributed by atoms with Crippen LogP contribution in [-0.4, -0.2) is 0 Å². The molecule has 1 aromatic rings. The quantitative estimate of drug-likeness (QED) is 0.425. The molecule has 0 amide bonds. The molecule has 21 heavy (non-hydrogen) atoms. The molecule has 1 aliphatic rings. The maximum atomic E-state index is 2.32. The first-order chi connectivity index (χ1) is 10.4. The van der Waals surface area contributed by atoms with Crippen LogP contribution in [0.5, 0.6) is 0 Å². The largest absolute Gasteiger partial charge is 0.0654 e. The van der Waals surface area contributed by atoms with Gasteiger partial charge in [0.05, 0.1) is 0 Å². The lowest BCUT2D eigenvalue weighted by molar-refractivity contribution is 0.302. The summed E-state index contributed by atoms with van der Waals surface area (Å²) in [5.41, 5.74) is 1.58. The summed E-state index contributed by atoms with van der Waals surface area (Å²) in [5.74, 6) is 1.87. The molecule has 1 fully saturated rings. The molecule has 0 heterocycles. The molecule has 0 spiro atoms. The highest BCUT2D eigenvalue weighted by Crippen LogP contribution is 2.37. The Morgan fingerprint density at radius 2 is 1.38 bits per heavy atom. The molecule has 0 heteroatoms. The zero-order valence-corrected chi connectivity index (χ0v) is 14.0. The summed E-state index contributed by atoms with van der Waals surface area (Å²) in [6.45, 7) is 2.30. The second kappa shape index (κ2) is 10.0. The summed E-state index contributed by atoms with van der Waals surface area (Å²) in [4.78, 5) is 0. The van der Waals surface area contributed by atoms with Gasteiger partial charge in [0.2, 0.25) is 0 Å². The molecule has 1 saturated carbocycles. The van der Waals surface area contributed by atoms with Gasteiger partial charge in [-0.25, -0.2) is 0 Å². The minimum atomic E-state index is 0.844. The van der Waals surface area contributed by atoms with Crippen molar-refractivity contribution in [3.8, 4) is 0 Å². The van der Waals surface area contributed by atoms with E-state index in [-0.39, 0.29) is 0 Å². The van der Waals surface area contributed by atoms with E-state index in [4.69, 9.17) is 0 Å². The highest BCUT2D eigenvalue weighted by atomic mass is 14.3. The normalized spacial score (nSPS) is 22.3. The Bertz CT molecular complexity index is 346. The predicted molar refractivity (Wildman–Crippen MR) is 93.8 cm³/mol. The van der Waals surface area contributed by atoms with Gasteiger partial charge in [0.15, 0.2) is 0 Å². The van der Waals surface area contributed by atoms with Crippen LogP contribution >= 0.6 is 0 Å². The highest BCUT2D eigenvalue weighted by molar-refractivity contribution is 5.19. The third-order valence-corrected chi connectivity index (χ3v) is 5.33. The molecule has 118 valence electrons. The number of hydrogen-bond acceptors (Lipinski definition) is 0. The van der Waals surface area contributed by atoms with Gasteiger partial charge in [0, 0.05) is 0 Å². The van der Waals surface area contributed by atoms with E-state index in [1.165, 1.54) is 77.0 Å². The fourth-order valence-corrected chi connectivity index (χ4v) is 3.90. The zero-order chi connectivity index (χ0) is 14.8. The van der Waals surface area contributed by atoms with Crippen molar-refractivity contribution in [2.75, 3.05) is 0 Å². The maximum absolute atomic E-state index is 2.32. The Balaban J connectivity index is 1.53. The Kier molecular flexibility index (Phi) is 7.92. The molecule has 0 unspecified atom stereocenters. The lowest BCUT2D eigenvalue weighted by atomic mass is 9.77. The van der Waals surface area contributed by atoms with Crippen LogP contribution in [0.25, 0.3) is 0 Å². The molecule has 0 aliphatic heterocycles. The van der Waals surface area contributed by atoms with Crippen molar-refractivity contribution in [3.63, 3.8) is 0 Å². The molecular formula is C21H34. The molecular weight excluding hydrogens is 252 g/mol. The fraction of sp³-hybridized carbons (Fsp3) is 0.714. The van der Waals surface area contributed by atoms with Crippen LogP contribution in [0.15, 0.2) is 30.3 Å². The average molecular weight is 287 g/mol. The van der Waals surface area contributed by atoms with Crippen LogP contribution in [0.1, 0.15) is 95.5 Å². The number of hydrogen-bond donors (Lipinski definition) is 0. The maximum Gasteiger partial charge on any atom is -0.0162 e. The minimum Gasteiger partial charge on any atom is -0.0654 e. The minimum absolute atomic E-state index is 0.844. The molecule has 1 aliphatic carbocycles. The standard InChI is InChI=1S/C21H34/c1-2-3-4-5-6-7-9-12-19-15-17-21(18-16-19)20-13-10-8-11-14-20/h8,10-11,13-14,19,21H,2-7,9,12,15-18H2,1H3. The van der Waals surface area contributed by atoms with Gasteiger partial charge in [-0.2, -0.15) is 0 Å². The Labute approximate surface area is 132 Å². The molecule has 0 saturated heterocycles. The summed E-state index contributed by atoms with van der Waals surface area (Å²) in [7, 11) is 0. The molecule has 0 N–H and O–H groups in total.